The lowest BCUT2D eigenvalue weighted by molar-refractivity contribution is 0.0352. The molecule has 3 aromatic heterocycles. The summed E-state index contributed by atoms with van der Waals surface area (Å²) < 4.78 is 5.61. The molecule has 1 aliphatic rings. The summed E-state index contributed by atoms with van der Waals surface area (Å²) in [4.78, 5) is 26.0. The lowest BCUT2D eigenvalue weighted by atomic mass is 9.93. The molecule has 40 heavy (non-hydrogen) atoms. The summed E-state index contributed by atoms with van der Waals surface area (Å²) in [5.74, 6) is 0.906. The number of benzene rings is 2. The zero-order chi connectivity index (χ0) is 28.7. The van der Waals surface area contributed by atoms with Crippen molar-refractivity contribution in [3.63, 3.8) is 0 Å². The molecule has 1 aliphatic heterocycles. The van der Waals surface area contributed by atoms with E-state index in [0.29, 0.717) is 31.0 Å². The molecule has 0 bridgehead atoms. The Balaban J connectivity index is 1.63. The Morgan fingerprint density at radius 1 is 1.05 bits per heavy atom. The summed E-state index contributed by atoms with van der Waals surface area (Å²) in [6.07, 6.45) is 3.19. The minimum absolute atomic E-state index is 0.0727. The van der Waals surface area contributed by atoms with Gasteiger partial charge in [0.1, 0.15) is 5.82 Å². The van der Waals surface area contributed by atoms with Gasteiger partial charge in [0, 0.05) is 44.4 Å². The van der Waals surface area contributed by atoms with Gasteiger partial charge in [-0.2, -0.15) is 0 Å². The number of aromatic nitrogens is 5. The van der Waals surface area contributed by atoms with E-state index in [2.05, 4.69) is 53.4 Å². The lowest BCUT2D eigenvalue weighted by Gasteiger charge is -2.37. The van der Waals surface area contributed by atoms with E-state index in [4.69, 9.17) is 16.6 Å². The second-order valence-electron chi connectivity index (χ2n) is 12.3. The fourth-order valence-corrected chi connectivity index (χ4v) is 6.87. The molecule has 2 aromatic carbocycles. The fourth-order valence-electron chi connectivity index (χ4n) is 5.75. The first-order valence-corrected chi connectivity index (χ1v) is 14.8. The predicted molar refractivity (Wildman–Crippen MR) is 164 cm³/mol. The normalized spacial score (nSPS) is 16.0. The van der Waals surface area contributed by atoms with E-state index in [1.54, 1.807) is 20.5 Å². The van der Waals surface area contributed by atoms with Crippen molar-refractivity contribution in [1.29, 1.82) is 0 Å². The van der Waals surface area contributed by atoms with Gasteiger partial charge in [-0.1, -0.05) is 32.4 Å². The van der Waals surface area contributed by atoms with Crippen LogP contribution < -0.4 is 10.6 Å². The van der Waals surface area contributed by atoms with Crippen molar-refractivity contribution in [2.45, 2.75) is 58.5 Å². The SMILES string of the molecule is Cc1ncc(-c2cc3nc(C(C)(C)C)n(-c4cc(N5CCC(C)(O)CC5)c5c(c4)n(C)c(=O)n5C)c3cc2Cl)s1. The molecule has 0 unspecified atom stereocenters. The minimum atomic E-state index is -0.680. The van der Waals surface area contributed by atoms with Crippen molar-refractivity contribution in [2.24, 2.45) is 14.1 Å². The third-order valence-electron chi connectivity index (χ3n) is 8.07. The predicted octanol–water partition coefficient (Wildman–Crippen LogP) is 5.95. The van der Waals surface area contributed by atoms with Gasteiger partial charge in [0.15, 0.2) is 0 Å². The van der Waals surface area contributed by atoms with Gasteiger partial charge >= 0.3 is 5.69 Å². The fraction of sp³-hybridized carbons (Fsp3) is 0.433. The van der Waals surface area contributed by atoms with Gasteiger partial charge in [0.05, 0.1) is 54.0 Å². The monoisotopic (exact) mass is 578 g/mol. The second kappa shape index (κ2) is 9.19. The van der Waals surface area contributed by atoms with Gasteiger partial charge in [-0.05, 0) is 51.0 Å². The maximum Gasteiger partial charge on any atom is 0.328 e. The van der Waals surface area contributed by atoms with Crippen molar-refractivity contribution in [3.8, 4) is 16.1 Å². The van der Waals surface area contributed by atoms with E-state index in [9.17, 15) is 9.90 Å². The lowest BCUT2D eigenvalue weighted by Crippen LogP contribution is -2.42. The molecule has 8 nitrogen and oxygen atoms in total. The highest BCUT2D eigenvalue weighted by atomic mass is 35.5. The molecule has 0 spiro atoms. The maximum absolute atomic E-state index is 13.1. The molecule has 0 aliphatic carbocycles. The van der Waals surface area contributed by atoms with Gasteiger partial charge in [0.2, 0.25) is 0 Å². The number of thiazole rings is 1. The van der Waals surface area contributed by atoms with Crippen LogP contribution >= 0.6 is 22.9 Å². The topological polar surface area (TPSA) is 81.1 Å². The van der Waals surface area contributed by atoms with Crippen LogP contribution in [-0.4, -0.2) is 47.5 Å². The Hall–Kier alpha value is -3.14. The number of imidazole rings is 2. The number of rotatable bonds is 3. The molecular weight excluding hydrogens is 544 g/mol. The average Bonchev–Trinajstić information content (AvgIpc) is 3.54. The molecular formula is C30H35ClN6O2S. The second-order valence-corrected chi connectivity index (χ2v) is 13.9. The summed E-state index contributed by atoms with van der Waals surface area (Å²) in [6, 6.07) is 8.29. The first-order chi connectivity index (χ1) is 18.7. The highest BCUT2D eigenvalue weighted by Crippen LogP contribution is 2.40. The summed E-state index contributed by atoms with van der Waals surface area (Å²) in [6.45, 7) is 11.8. The molecule has 0 radical (unpaired) electrons. The van der Waals surface area contributed by atoms with E-state index < -0.39 is 5.60 Å². The summed E-state index contributed by atoms with van der Waals surface area (Å²) in [5, 5.41) is 12.3. The third kappa shape index (κ3) is 4.35. The van der Waals surface area contributed by atoms with Crippen LogP contribution in [0, 0.1) is 6.92 Å². The van der Waals surface area contributed by atoms with Gasteiger partial charge in [-0.3, -0.25) is 13.7 Å². The number of hydrogen-bond acceptors (Lipinski definition) is 6. The quantitative estimate of drug-likeness (QED) is 0.286. The third-order valence-corrected chi connectivity index (χ3v) is 9.32. The van der Waals surface area contributed by atoms with Crippen molar-refractivity contribution >= 4 is 50.7 Å². The summed E-state index contributed by atoms with van der Waals surface area (Å²) in [5.41, 5.74) is 5.31. The van der Waals surface area contributed by atoms with E-state index >= 15 is 0 Å². The van der Waals surface area contributed by atoms with E-state index in [-0.39, 0.29) is 11.1 Å². The number of aryl methyl sites for hydroxylation is 3. The Kier molecular flexibility index (Phi) is 6.22. The Morgan fingerprint density at radius 3 is 2.38 bits per heavy atom. The highest BCUT2D eigenvalue weighted by Gasteiger charge is 2.31. The average molecular weight is 579 g/mol. The number of hydrogen-bond donors (Lipinski definition) is 1. The number of halogens is 1. The standard InChI is InChI=1S/C30H35ClN6O2S/c1-17-32-16-25(40-17)19-14-21-22(15-20(19)31)37(27(33-21)29(2,3)4)18-12-23-26(35(7)28(38)34(23)6)24(13-18)36-10-8-30(5,39)9-11-36/h12-16,39H,8-11H2,1-7H3. The molecule has 1 N–H and O–H groups in total. The molecule has 6 rings (SSSR count). The van der Waals surface area contributed by atoms with Crippen molar-refractivity contribution < 1.29 is 5.11 Å². The van der Waals surface area contributed by atoms with E-state index in [1.165, 1.54) is 0 Å². The summed E-state index contributed by atoms with van der Waals surface area (Å²) in [7, 11) is 3.64. The zero-order valence-corrected chi connectivity index (χ0v) is 25.6. The number of anilines is 1. The van der Waals surface area contributed by atoms with Crippen molar-refractivity contribution in [1.82, 2.24) is 23.7 Å². The first-order valence-electron chi connectivity index (χ1n) is 13.6. The maximum atomic E-state index is 13.1. The Bertz CT molecular complexity index is 1840. The van der Waals surface area contributed by atoms with E-state index in [0.717, 1.165) is 54.7 Å². The smallest absolute Gasteiger partial charge is 0.328 e. The van der Waals surface area contributed by atoms with Gasteiger partial charge in [-0.15, -0.1) is 11.3 Å². The van der Waals surface area contributed by atoms with Crippen LogP contribution in [0.1, 0.15) is 51.4 Å². The van der Waals surface area contributed by atoms with Crippen LogP contribution in [0.5, 0.6) is 0 Å². The van der Waals surface area contributed by atoms with Crippen LogP contribution in [0.4, 0.5) is 5.69 Å². The van der Waals surface area contributed by atoms with Crippen LogP contribution in [0.2, 0.25) is 5.02 Å². The first kappa shape index (κ1) is 27.1. The Morgan fingerprint density at radius 2 is 1.75 bits per heavy atom. The largest absolute Gasteiger partial charge is 0.390 e. The minimum Gasteiger partial charge on any atom is -0.390 e. The molecule has 1 saturated heterocycles. The van der Waals surface area contributed by atoms with Crippen LogP contribution in [0.3, 0.4) is 0 Å². The molecule has 4 heterocycles. The number of piperidine rings is 1. The molecule has 10 heteroatoms. The number of nitrogens with zero attached hydrogens (tertiary/aromatic N) is 6. The number of aliphatic hydroxyl groups is 1. The molecule has 5 aromatic rings. The van der Waals surface area contributed by atoms with Gasteiger partial charge in [-0.25, -0.2) is 14.8 Å². The molecule has 0 atom stereocenters. The van der Waals surface area contributed by atoms with Crippen molar-refractivity contribution in [3.05, 3.63) is 56.8 Å². The number of fused-ring (bicyclic) bond motifs is 2. The van der Waals surface area contributed by atoms with Gasteiger partial charge < -0.3 is 10.0 Å². The van der Waals surface area contributed by atoms with Crippen LogP contribution in [0.25, 0.3) is 38.2 Å². The molecule has 210 valence electrons. The molecule has 1 fully saturated rings. The van der Waals surface area contributed by atoms with Crippen LogP contribution in [0.15, 0.2) is 35.3 Å². The Labute approximate surface area is 242 Å². The molecule has 0 saturated carbocycles. The molecule has 0 amide bonds. The van der Waals surface area contributed by atoms with Crippen molar-refractivity contribution in [2.75, 3.05) is 18.0 Å². The van der Waals surface area contributed by atoms with E-state index in [1.807, 2.05) is 40.2 Å². The zero-order valence-electron chi connectivity index (χ0n) is 24.0. The van der Waals surface area contributed by atoms with Crippen LogP contribution in [-0.2, 0) is 19.5 Å². The van der Waals surface area contributed by atoms with Gasteiger partial charge in [0.25, 0.3) is 0 Å². The summed E-state index contributed by atoms with van der Waals surface area (Å²) >= 11 is 8.52. The highest BCUT2D eigenvalue weighted by molar-refractivity contribution is 7.15.